The van der Waals surface area contributed by atoms with Crippen molar-refractivity contribution in [3.63, 3.8) is 0 Å². The van der Waals surface area contributed by atoms with E-state index in [-0.39, 0.29) is 30.3 Å². The fourth-order valence-electron chi connectivity index (χ4n) is 4.33. The highest BCUT2D eigenvalue weighted by atomic mass is 16.5. The Morgan fingerprint density at radius 3 is 2.26 bits per heavy atom. The monoisotopic (exact) mass is 593 g/mol. The molecule has 0 aliphatic carbocycles. The molecule has 3 rings (SSSR count). The van der Waals surface area contributed by atoms with Gasteiger partial charge in [0.2, 0.25) is 23.6 Å². The maximum atomic E-state index is 14.1. The van der Waals surface area contributed by atoms with Crippen LogP contribution in [0.1, 0.15) is 64.3 Å². The average molecular weight is 594 g/mol. The molecular formula is C31H39N5O7. The molecule has 0 radical (unpaired) electrons. The lowest BCUT2D eigenvalue weighted by Gasteiger charge is -2.35. The Hall–Kier alpha value is -4.87. The third-order valence-electron chi connectivity index (χ3n) is 6.78. The highest BCUT2D eigenvalue weighted by molar-refractivity contribution is 6.04. The van der Waals surface area contributed by atoms with Gasteiger partial charge in [-0.2, -0.15) is 0 Å². The first-order valence-corrected chi connectivity index (χ1v) is 13.8. The van der Waals surface area contributed by atoms with Crippen molar-refractivity contribution in [3.8, 4) is 11.5 Å². The molecule has 0 bridgehead atoms. The summed E-state index contributed by atoms with van der Waals surface area (Å²) in [7, 11) is 2.94. The van der Waals surface area contributed by atoms with E-state index in [4.69, 9.17) is 14.0 Å². The van der Waals surface area contributed by atoms with Crippen LogP contribution in [0, 0.1) is 6.92 Å². The predicted molar refractivity (Wildman–Crippen MR) is 162 cm³/mol. The molecule has 230 valence electrons. The highest BCUT2D eigenvalue weighted by Gasteiger charge is 2.37. The molecular weight excluding hydrogens is 554 g/mol. The lowest BCUT2D eigenvalue weighted by Crippen LogP contribution is -2.50. The Bertz CT molecular complexity index is 1450. The topological polar surface area (TPSA) is 152 Å². The van der Waals surface area contributed by atoms with E-state index >= 15 is 0 Å². The van der Waals surface area contributed by atoms with Crippen molar-refractivity contribution in [1.29, 1.82) is 0 Å². The molecule has 2 aromatic carbocycles. The zero-order chi connectivity index (χ0) is 31.7. The Balaban J connectivity index is 2.10. The van der Waals surface area contributed by atoms with Gasteiger partial charge in [0.05, 0.1) is 14.2 Å². The van der Waals surface area contributed by atoms with Crippen LogP contribution in [-0.2, 0) is 19.2 Å². The largest absolute Gasteiger partial charge is 0.493 e. The lowest BCUT2D eigenvalue weighted by molar-refractivity contribution is -0.128. The van der Waals surface area contributed by atoms with E-state index in [2.05, 4.69) is 21.1 Å². The quantitative estimate of drug-likeness (QED) is 0.257. The molecule has 0 aliphatic heterocycles. The zero-order valence-electron chi connectivity index (χ0n) is 25.6. The normalized spacial score (nSPS) is 11.7. The van der Waals surface area contributed by atoms with Crippen LogP contribution in [0.2, 0.25) is 0 Å². The minimum Gasteiger partial charge on any atom is -0.493 e. The summed E-state index contributed by atoms with van der Waals surface area (Å²) in [5.74, 6) is -0.242. The van der Waals surface area contributed by atoms with Gasteiger partial charge in [-0.3, -0.25) is 24.1 Å². The number of carbonyl (C=O) groups is 4. The summed E-state index contributed by atoms with van der Waals surface area (Å²) in [5, 5.41) is 12.1. The predicted octanol–water partition coefficient (Wildman–Crippen LogP) is 4.76. The standard InChI is InChI=1S/C31H39N5O7/c1-8-31(4,5)34-30(40)28(23-10-9-11-24(41-6)29(23)42-7)36(22-14-12-21(13-15-22)32-20(3)37)27(39)17-16-26(38)33-25-18-19(2)43-35-25/h9-15,18,28H,8,16-17H2,1-7H3,(H,32,37)(H,34,40)(H,33,35,38). The van der Waals surface area contributed by atoms with E-state index in [1.807, 2.05) is 20.8 Å². The van der Waals surface area contributed by atoms with Gasteiger partial charge in [0.1, 0.15) is 11.8 Å². The SMILES string of the molecule is CCC(C)(C)NC(=O)C(c1cccc(OC)c1OC)N(C(=O)CCC(=O)Nc1cc(C)on1)c1ccc(NC(C)=O)cc1. The van der Waals surface area contributed by atoms with E-state index < -0.39 is 29.3 Å². The molecule has 3 N–H and O–H groups in total. The van der Waals surface area contributed by atoms with Crippen LogP contribution in [0.15, 0.2) is 53.1 Å². The van der Waals surface area contributed by atoms with Crippen molar-refractivity contribution in [2.75, 3.05) is 29.8 Å². The summed E-state index contributed by atoms with van der Waals surface area (Å²) in [6.45, 7) is 8.80. The first-order valence-electron chi connectivity index (χ1n) is 13.8. The van der Waals surface area contributed by atoms with Gasteiger partial charge in [-0.1, -0.05) is 24.2 Å². The van der Waals surface area contributed by atoms with Crippen molar-refractivity contribution < 1.29 is 33.2 Å². The van der Waals surface area contributed by atoms with Gasteiger partial charge < -0.3 is 29.9 Å². The van der Waals surface area contributed by atoms with Gasteiger partial charge in [-0.25, -0.2) is 0 Å². The van der Waals surface area contributed by atoms with Gasteiger partial charge in [0.25, 0.3) is 0 Å². The number of carbonyl (C=O) groups excluding carboxylic acids is 4. The van der Waals surface area contributed by atoms with E-state index in [1.165, 1.54) is 26.0 Å². The molecule has 0 saturated heterocycles. The fraction of sp³-hybridized carbons (Fsp3) is 0.387. The lowest BCUT2D eigenvalue weighted by atomic mass is 9.97. The van der Waals surface area contributed by atoms with Gasteiger partial charge in [-0.15, -0.1) is 0 Å². The van der Waals surface area contributed by atoms with Gasteiger partial charge in [0.15, 0.2) is 17.3 Å². The Morgan fingerprint density at radius 2 is 1.70 bits per heavy atom. The summed E-state index contributed by atoms with van der Waals surface area (Å²) >= 11 is 0. The molecule has 1 unspecified atom stereocenters. The van der Waals surface area contributed by atoms with Crippen molar-refractivity contribution in [1.82, 2.24) is 10.5 Å². The number of aryl methyl sites for hydroxylation is 1. The Morgan fingerprint density at radius 1 is 1.00 bits per heavy atom. The second kappa shape index (κ2) is 14.3. The van der Waals surface area contributed by atoms with Crippen LogP contribution in [0.4, 0.5) is 17.2 Å². The molecule has 3 aromatic rings. The van der Waals surface area contributed by atoms with Crippen molar-refractivity contribution in [3.05, 3.63) is 59.9 Å². The minimum atomic E-state index is -1.21. The van der Waals surface area contributed by atoms with Gasteiger partial charge in [-0.05, 0) is 57.5 Å². The number of hydrogen-bond acceptors (Lipinski definition) is 8. The molecule has 12 nitrogen and oxygen atoms in total. The van der Waals surface area contributed by atoms with Crippen LogP contribution < -0.4 is 30.3 Å². The number of methoxy groups -OCH3 is 2. The molecule has 0 spiro atoms. The van der Waals surface area contributed by atoms with Crippen LogP contribution in [0.5, 0.6) is 11.5 Å². The molecule has 0 aliphatic rings. The number of benzene rings is 2. The Labute approximate surface area is 251 Å². The van der Waals surface area contributed by atoms with Crippen molar-refractivity contribution in [2.45, 2.75) is 65.5 Å². The summed E-state index contributed by atoms with van der Waals surface area (Å²) in [5.41, 5.74) is 0.665. The number of hydrogen-bond donors (Lipinski definition) is 3. The number of nitrogens with one attached hydrogen (secondary N) is 3. The average Bonchev–Trinajstić information content (AvgIpc) is 3.38. The molecule has 43 heavy (non-hydrogen) atoms. The van der Waals surface area contributed by atoms with E-state index in [0.29, 0.717) is 34.9 Å². The molecule has 12 heteroatoms. The second-order valence-electron chi connectivity index (χ2n) is 10.6. The van der Waals surface area contributed by atoms with Crippen LogP contribution in [-0.4, -0.2) is 48.5 Å². The molecule has 0 fully saturated rings. The third-order valence-corrected chi connectivity index (χ3v) is 6.78. The number of nitrogens with zero attached hydrogens (tertiary/aromatic N) is 2. The smallest absolute Gasteiger partial charge is 0.248 e. The fourth-order valence-corrected chi connectivity index (χ4v) is 4.33. The van der Waals surface area contributed by atoms with Gasteiger partial charge >= 0.3 is 0 Å². The maximum absolute atomic E-state index is 14.1. The van der Waals surface area contributed by atoms with E-state index in [9.17, 15) is 19.2 Å². The first kappa shape index (κ1) is 32.6. The second-order valence-corrected chi connectivity index (χ2v) is 10.6. The first-order chi connectivity index (χ1) is 20.4. The highest BCUT2D eigenvalue weighted by Crippen LogP contribution is 2.40. The van der Waals surface area contributed by atoms with E-state index in [0.717, 1.165) is 0 Å². The van der Waals surface area contributed by atoms with Crippen LogP contribution in [0.3, 0.4) is 0 Å². The van der Waals surface area contributed by atoms with Crippen molar-refractivity contribution >= 4 is 40.8 Å². The van der Waals surface area contributed by atoms with Crippen LogP contribution in [0.25, 0.3) is 0 Å². The number of rotatable bonds is 13. The summed E-state index contributed by atoms with van der Waals surface area (Å²) < 4.78 is 16.2. The number of ether oxygens (including phenoxy) is 2. The summed E-state index contributed by atoms with van der Waals surface area (Å²) in [6.07, 6.45) is 0.209. The number of amides is 4. The molecule has 1 aromatic heterocycles. The number of anilines is 3. The third kappa shape index (κ3) is 8.57. The molecule has 4 amide bonds. The van der Waals surface area contributed by atoms with E-state index in [1.54, 1.807) is 55.5 Å². The Kier molecular flexibility index (Phi) is 10.9. The molecule has 1 heterocycles. The van der Waals surface area contributed by atoms with Crippen molar-refractivity contribution in [2.24, 2.45) is 0 Å². The zero-order valence-corrected chi connectivity index (χ0v) is 25.6. The molecule has 1 atom stereocenters. The molecule has 0 saturated carbocycles. The summed E-state index contributed by atoms with van der Waals surface area (Å²) in [6, 6.07) is 11.9. The number of aromatic nitrogens is 1. The maximum Gasteiger partial charge on any atom is 0.248 e. The summed E-state index contributed by atoms with van der Waals surface area (Å²) in [4.78, 5) is 53.8. The van der Waals surface area contributed by atoms with Gasteiger partial charge in [0, 0.05) is 48.3 Å². The number of para-hydroxylation sites is 1. The minimum absolute atomic E-state index is 0.185. The van der Waals surface area contributed by atoms with Crippen LogP contribution >= 0.6 is 0 Å².